The number of nitrogens with one attached hydrogen (secondary N) is 1. The van der Waals surface area contributed by atoms with E-state index < -0.39 is 5.92 Å². The van der Waals surface area contributed by atoms with E-state index in [0.29, 0.717) is 13.2 Å². The second-order valence-electron chi connectivity index (χ2n) is 7.82. The SMILES string of the molecule is Cc1ccc(N2CC(C(=O)NN=Cc3ccc(OCc4ccccc4)cc3)CC2=O)cc1. The van der Waals surface area contributed by atoms with Crippen LogP contribution in [-0.2, 0) is 16.2 Å². The number of ether oxygens (including phenoxy) is 1. The van der Waals surface area contributed by atoms with Crippen LogP contribution in [0.25, 0.3) is 0 Å². The number of hydrogen-bond donors (Lipinski definition) is 1. The molecule has 1 saturated heterocycles. The molecule has 1 N–H and O–H groups in total. The molecule has 4 rings (SSSR count). The fourth-order valence-electron chi connectivity index (χ4n) is 3.51. The first kappa shape index (κ1) is 21.3. The summed E-state index contributed by atoms with van der Waals surface area (Å²) in [5.41, 5.74) is 6.43. The Hall–Kier alpha value is -3.93. The van der Waals surface area contributed by atoms with Crippen molar-refractivity contribution in [3.8, 4) is 5.75 Å². The third-order valence-electron chi connectivity index (χ3n) is 5.36. The van der Waals surface area contributed by atoms with Crippen molar-refractivity contribution in [2.75, 3.05) is 11.4 Å². The van der Waals surface area contributed by atoms with E-state index in [-0.39, 0.29) is 18.2 Å². The highest BCUT2D eigenvalue weighted by Crippen LogP contribution is 2.25. The fourth-order valence-corrected chi connectivity index (χ4v) is 3.51. The van der Waals surface area contributed by atoms with Gasteiger partial charge >= 0.3 is 0 Å². The maximum Gasteiger partial charge on any atom is 0.245 e. The van der Waals surface area contributed by atoms with Crippen LogP contribution in [0.5, 0.6) is 5.75 Å². The highest BCUT2D eigenvalue weighted by molar-refractivity contribution is 6.00. The van der Waals surface area contributed by atoms with E-state index in [1.807, 2.05) is 85.8 Å². The molecule has 0 aliphatic carbocycles. The van der Waals surface area contributed by atoms with Gasteiger partial charge in [0.25, 0.3) is 0 Å². The summed E-state index contributed by atoms with van der Waals surface area (Å²) in [4.78, 5) is 26.5. The third-order valence-corrected chi connectivity index (χ3v) is 5.36. The fraction of sp³-hybridized carbons (Fsp3) is 0.192. The van der Waals surface area contributed by atoms with Crippen LogP contribution < -0.4 is 15.1 Å². The van der Waals surface area contributed by atoms with E-state index in [1.165, 1.54) is 0 Å². The van der Waals surface area contributed by atoms with Gasteiger partial charge in [-0.1, -0.05) is 48.0 Å². The summed E-state index contributed by atoms with van der Waals surface area (Å²) in [6.45, 7) is 2.86. The molecule has 1 atom stereocenters. The number of rotatable bonds is 7. The molecule has 32 heavy (non-hydrogen) atoms. The van der Waals surface area contributed by atoms with Crippen LogP contribution in [0.15, 0.2) is 84.0 Å². The Morgan fingerprint density at radius 3 is 2.50 bits per heavy atom. The standard InChI is InChI=1S/C26H25N3O3/c1-19-7-11-23(12-8-19)29-17-22(15-25(29)30)26(31)28-27-16-20-9-13-24(14-10-20)32-18-21-5-3-2-4-6-21/h2-14,16,22H,15,17-18H2,1H3,(H,28,31). The van der Waals surface area contributed by atoms with Crippen LogP contribution in [0.3, 0.4) is 0 Å². The minimum Gasteiger partial charge on any atom is -0.489 e. The molecular formula is C26H25N3O3. The van der Waals surface area contributed by atoms with Crippen LogP contribution >= 0.6 is 0 Å². The van der Waals surface area contributed by atoms with Gasteiger partial charge in [-0.2, -0.15) is 5.10 Å². The first-order valence-corrected chi connectivity index (χ1v) is 10.6. The second-order valence-corrected chi connectivity index (χ2v) is 7.82. The van der Waals surface area contributed by atoms with Gasteiger partial charge in [-0.05, 0) is 54.4 Å². The summed E-state index contributed by atoms with van der Waals surface area (Å²) in [6, 6.07) is 25.1. The van der Waals surface area contributed by atoms with E-state index in [2.05, 4.69) is 10.5 Å². The van der Waals surface area contributed by atoms with Gasteiger partial charge in [0.15, 0.2) is 0 Å². The number of carbonyl (C=O) groups is 2. The predicted molar refractivity (Wildman–Crippen MR) is 125 cm³/mol. The summed E-state index contributed by atoms with van der Waals surface area (Å²) < 4.78 is 5.77. The lowest BCUT2D eigenvalue weighted by Crippen LogP contribution is -2.30. The number of anilines is 1. The van der Waals surface area contributed by atoms with Gasteiger partial charge in [0.2, 0.25) is 11.8 Å². The molecule has 0 saturated carbocycles. The molecular weight excluding hydrogens is 402 g/mol. The molecule has 1 aliphatic heterocycles. The van der Waals surface area contributed by atoms with Crippen molar-refractivity contribution in [1.29, 1.82) is 0 Å². The van der Waals surface area contributed by atoms with Gasteiger partial charge in [-0.25, -0.2) is 5.43 Å². The number of amides is 2. The molecule has 6 nitrogen and oxygen atoms in total. The largest absolute Gasteiger partial charge is 0.489 e. The van der Waals surface area contributed by atoms with Crippen LogP contribution in [0.4, 0.5) is 5.69 Å². The third kappa shape index (κ3) is 5.40. The zero-order chi connectivity index (χ0) is 22.3. The predicted octanol–water partition coefficient (Wildman–Crippen LogP) is 4.08. The van der Waals surface area contributed by atoms with Crippen molar-refractivity contribution >= 4 is 23.7 Å². The molecule has 1 aliphatic rings. The first-order valence-electron chi connectivity index (χ1n) is 10.6. The Kier molecular flexibility index (Phi) is 6.60. The number of carbonyl (C=O) groups excluding carboxylic acids is 2. The van der Waals surface area contributed by atoms with Crippen LogP contribution in [-0.4, -0.2) is 24.6 Å². The number of benzene rings is 3. The molecule has 3 aromatic rings. The zero-order valence-electron chi connectivity index (χ0n) is 17.9. The van der Waals surface area contributed by atoms with E-state index in [4.69, 9.17) is 4.74 Å². The summed E-state index contributed by atoms with van der Waals surface area (Å²) in [5, 5.41) is 4.05. The number of aryl methyl sites for hydroxylation is 1. The Morgan fingerprint density at radius 1 is 1.06 bits per heavy atom. The molecule has 1 fully saturated rings. The highest BCUT2D eigenvalue weighted by Gasteiger charge is 2.35. The molecule has 1 unspecified atom stereocenters. The van der Waals surface area contributed by atoms with Crippen LogP contribution in [0.1, 0.15) is 23.1 Å². The molecule has 1 heterocycles. The van der Waals surface area contributed by atoms with Crippen molar-refractivity contribution in [2.45, 2.75) is 20.0 Å². The van der Waals surface area contributed by atoms with Crippen molar-refractivity contribution < 1.29 is 14.3 Å². The monoisotopic (exact) mass is 427 g/mol. The first-order chi connectivity index (χ1) is 15.6. The number of hydrazone groups is 1. The van der Waals surface area contributed by atoms with Gasteiger partial charge in [0, 0.05) is 18.7 Å². The maximum atomic E-state index is 12.5. The van der Waals surface area contributed by atoms with E-state index in [0.717, 1.165) is 28.1 Å². The van der Waals surface area contributed by atoms with Gasteiger partial charge < -0.3 is 9.64 Å². The highest BCUT2D eigenvalue weighted by atomic mass is 16.5. The lowest BCUT2D eigenvalue weighted by molar-refractivity contribution is -0.126. The average molecular weight is 428 g/mol. The van der Waals surface area contributed by atoms with Crippen molar-refractivity contribution in [3.63, 3.8) is 0 Å². The summed E-state index contributed by atoms with van der Waals surface area (Å²) in [5.74, 6) is 0.0292. The molecule has 162 valence electrons. The van der Waals surface area contributed by atoms with Crippen LogP contribution in [0.2, 0.25) is 0 Å². The normalized spacial score (nSPS) is 15.8. The Morgan fingerprint density at radius 2 is 1.78 bits per heavy atom. The average Bonchev–Trinajstić information content (AvgIpc) is 3.21. The van der Waals surface area contributed by atoms with E-state index in [1.54, 1.807) is 11.1 Å². The molecule has 0 aromatic heterocycles. The minimum atomic E-state index is -0.422. The Balaban J connectivity index is 1.27. The van der Waals surface area contributed by atoms with Gasteiger partial charge in [0.05, 0.1) is 12.1 Å². The lowest BCUT2D eigenvalue weighted by atomic mass is 10.1. The van der Waals surface area contributed by atoms with Gasteiger partial charge in [-0.15, -0.1) is 0 Å². The molecule has 6 heteroatoms. The van der Waals surface area contributed by atoms with Crippen molar-refractivity contribution in [2.24, 2.45) is 11.0 Å². The molecule has 2 amide bonds. The molecule has 3 aromatic carbocycles. The number of nitrogens with zero attached hydrogens (tertiary/aromatic N) is 2. The lowest BCUT2D eigenvalue weighted by Gasteiger charge is -2.16. The van der Waals surface area contributed by atoms with E-state index >= 15 is 0 Å². The smallest absolute Gasteiger partial charge is 0.245 e. The van der Waals surface area contributed by atoms with E-state index in [9.17, 15) is 9.59 Å². The van der Waals surface area contributed by atoms with Gasteiger partial charge in [0.1, 0.15) is 12.4 Å². The minimum absolute atomic E-state index is 0.0518. The molecule has 0 spiro atoms. The summed E-state index contributed by atoms with van der Waals surface area (Å²) >= 11 is 0. The summed E-state index contributed by atoms with van der Waals surface area (Å²) in [6.07, 6.45) is 1.76. The Bertz CT molecular complexity index is 1090. The molecule has 0 bridgehead atoms. The Labute approximate surface area is 187 Å². The van der Waals surface area contributed by atoms with Crippen LogP contribution in [0, 0.1) is 12.8 Å². The quantitative estimate of drug-likeness (QED) is 0.456. The van der Waals surface area contributed by atoms with Gasteiger partial charge in [-0.3, -0.25) is 9.59 Å². The van der Waals surface area contributed by atoms with Crippen molar-refractivity contribution in [1.82, 2.24) is 5.43 Å². The topological polar surface area (TPSA) is 71.0 Å². The maximum absolute atomic E-state index is 12.5. The number of hydrogen-bond acceptors (Lipinski definition) is 4. The summed E-state index contributed by atoms with van der Waals surface area (Å²) in [7, 11) is 0. The second kappa shape index (κ2) is 9.92. The molecule has 0 radical (unpaired) electrons. The van der Waals surface area contributed by atoms with Crippen molar-refractivity contribution in [3.05, 3.63) is 95.6 Å². The zero-order valence-corrected chi connectivity index (χ0v) is 17.9.